The summed E-state index contributed by atoms with van der Waals surface area (Å²) in [6, 6.07) is 9.83. The molecule has 0 aliphatic heterocycles. The Kier molecular flexibility index (Phi) is 13.4. The van der Waals surface area contributed by atoms with Gasteiger partial charge in [0.05, 0.1) is 6.61 Å². The van der Waals surface area contributed by atoms with Gasteiger partial charge < -0.3 is 16.7 Å². The minimum atomic E-state index is -1.63. The van der Waals surface area contributed by atoms with Gasteiger partial charge in [-0.15, -0.1) is 0 Å². The van der Waals surface area contributed by atoms with Gasteiger partial charge in [-0.3, -0.25) is 4.79 Å². The average Bonchev–Trinajstić information content (AvgIpc) is 2.39. The molecule has 0 heterocycles. The van der Waals surface area contributed by atoms with Crippen LogP contribution in [0.25, 0.3) is 0 Å². The molecule has 5 nitrogen and oxygen atoms in total. The van der Waals surface area contributed by atoms with Crippen LogP contribution >= 0.6 is 0 Å². The fourth-order valence-corrected chi connectivity index (χ4v) is 1.03. The Morgan fingerprint density at radius 3 is 2.11 bits per heavy atom. The Morgan fingerprint density at radius 1 is 1.26 bits per heavy atom. The number of ketones is 1. The standard InChI is InChI=1S/C10H12O.C3H6O4.Na.H/c1-2-10(11)8-9-6-4-3-5-7-9;4-1-2(5)3(6)7;;/h3-7H,2,8H2,1H3;2,4-5H,1H2,(H,6,7);;/q;;+1;-1. The molecule has 0 saturated heterocycles. The van der Waals surface area contributed by atoms with Crippen molar-refractivity contribution >= 4 is 11.8 Å². The number of carbonyl (C=O) groups is 2. The summed E-state index contributed by atoms with van der Waals surface area (Å²) in [6.07, 6.45) is -0.410. The first-order chi connectivity index (χ1) is 8.51. The zero-order valence-electron chi connectivity index (χ0n) is 12.2. The van der Waals surface area contributed by atoms with Gasteiger partial charge in [0, 0.05) is 12.8 Å². The molecular weight excluding hydrogens is 259 g/mol. The molecule has 6 heteroatoms. The van der Waals surface area contributed by atoms with Gasteiger partial charge in [0.2, 0.25) is 0 Å². The van der Waals surface area contributed by atoms with Gasteiger partial charge in [-0.2, -0.15) is 0 Å². The van der Waals surface area contributed by atoms with Crippen LogP contribution < -0.4 is 29.6 Å². The number of aliphatic carboxylic acids is 1. The van der Waals surface area contributed by atoms with Crippen LogP contribution in [0, 0.1) is 0 Å². The maximum absolute atomic E-state index is 11.0. The minimum Gasteiger partial charge on any atom is -1.00 e. The first kappa shape index (κ1) is 20.6. The number of aliphatic hydroxyl groups is 2. The van der Waals surface area contributed by atoms with Crippen molar-refractivity contribution in [2.75, 3.05) is 6.61 Å². The van der Waals surface area contributed by atoms with Crippen LogP contribution in [0.4, 0.5) is 0 Å². The van der Waals surface area contributed by atoms with E-state index in [1.807, 2.05) is 37.3 Å². The molecule has 0 saturated carbocycles. The normalized spacial score (nSPS) is 10.5. The summed E-state index contributed by atoms with van der Waals surface area (Å²) in [5.41, 5.74) is 1.11. The number of Topliss-reactive ketones (excluding diaryl/α,β-unsaturated/α-hetero) is 1. The van der Waals surface area contributed by atoms with Crippen molar-refractivity contribution in [1.29, 1.82) is 0 Å². The second-order valence-corrected chi connectivity index (χ2v) is 3.59. The van der Waals surface area contributed by atoms with Gasteiger partial charge in [0.1, 0.15) is 5.78 Å². The van der Waals surface area contributed by atoms with E-state index in [0.29, 0.717) is 18.6 Å². The van der Waals surface area contributed by atoms with Gasteiger partial charge in [-0.05, 0) is 5.56 Å². The summed E-state index contributed by atoms with van der Waals surface area (Å²) in [5, 5.41) is 23.7. The summed E-state index contributed by atoms with van der Waals surface area (Å²) in [6.45, 7) is 1.17. The minimum absolute atomic E-state index is 0. The number of benzene rings is 1. The van der Waals surface area contributed by atoms with E-state index in [9.17, 15) is 9.59 Å². The molecule has 0 radical (unpaired) electrons. The molecule has 102 valence electrons. The number of hydrogen-bond donors (Lipinski definition) is 3. The predicted molar refractivity (Wildman–Crippen MR) is 67.3 cm³/mol. The van der Waals surface area contributed by atoms with E-state index in [4.69, 9.17) is 15.3 Å². The third kappa shape index (κ3) is 10.9. The topological polar surface area (TPSA) is 94.8 Å². The number of hydrogen-bond acceptors (Lipinski definition) is 4. The smallest absolute Gasteiger partial charge is 1.00 e. The van der Waals surface area contributed by atoms with E-state index in [0.717, 1.165) is 5.56 Å². The molecule has 1 unspecified atom stereocenters. The average molecular weight is 278 g/mol. The Labute approximate surface area is 136 Å². The first-order valence-corrected chi connectivity index (χ1v) is 5.58. The molecule has 0 fully saturated rings. The van der Waals surface area contributed by atoms with Crippen molar-refractivity contribution in [3.63, 3.8) is 0 Å². The van der Waals surface area contributed by atoms with Gasteiger partial charge in [0.25, 0.3) is 0 Å². The SMILES string of the molecule is CCC(=O)Cc1ccccc1.O=C(O)C(O)CO.[H-].[Na+]. The summed E-state index contributed by atoms with van der Waals surface area (Å²) in [5.74, 6) is -1.10. The third-order valence-corrected chi connectivity index (χ3v) is 2.10. The van der Waals surface area contributed by atoms with Crippen LogP contribution in [-0.4, -0.2) is 39.8 Å². The number of carboxylic acids is 1. The maximum atomic E-state index is 11.0. The zero-order chi connectivity index (χ0) is 14.0. The van der Waals surface area contributed by atoms with Gasteiger partial charge in [-0.1, -0.05) is 37.3 Å². The molecule has 0 aliphatic carbocycles. The van der Waals surface area contributed by atoms with Crippen molar-refractivity contribution in [3.05, 3.63) is 35.9 Å². The third-order valence-electron chi connectivity index (χ3n) is 2.10. The van der Waals surface area contributed by atoms with Crippen molar-refractivity contribution in [2.45, 2.75) is 25.9 Å². The Morgan fingerprint density at radius 2 is 1.79 bits per heavy atom. The van der Waals surface area contributed by atoms with Gasteiger partial charge in [0.15, 0.2) is 6.10 Å². The Hall–Kier alpha value is -0.720. The predicted octanol–water partition coefficient (Wildman–Crippen LogP) is -2.25. The fraction of sp³-hybridized carbons (Fsp3) is 0.385. The van der Waals surface area contributed by atoms with Crippen LogP contribution in [0.5, 0.6) is 0 Å². The largest absolute Gasteiger partial charge is 1.00 e. The summed E-state index contributed by atoms with van der Waals surface area (Å²) in [7, 11) is 0. The molecule has 0 bridgehead atoms. The molecule has 0 aliphatic rings. The molecule has 0 aromatic heterocycles. The van der Waals surface area contributed by atoms with Crippen molar-refractivity contribution in [1.82, 2.24) is 0 Å². The first-order valence-electron chi connectivity index (χ1n) is 5.58. The summed E-state index contributed by atoms with van der Waals surface area (Å²) < 4.78 is 0. The van der Waals surface area contributed by atoms with E-state index in [1.54, 1.807) is 0 Å². The molecular formula is C13H19NaO5. The van der Waals surface area contributed by atoms with Gasteiger partial charge >= 0.3 is 35.5 Å². The van der Waals surface area contributed by atoms with Crippen molar-refractivity contribution in [3.8, 4) is 0 Å². The second kappa shape index (κ2) is 12.3. The second-order valence-electron chi connectivity index (χ2n) is 3.59. The molecule has 0 amide bonds. The van der Waals surface area contributed by atoms with E-state index < -0.39 is 18.7 Å². The van der Waals surface area contributed by atoms with Crippen LogP contribution in [0.3, 0.4) is 0 Å². The number of rotatable bonds is 5. The molecule has 19 heavy (non-hydrogen) atoms. The summed E-state index contributed by atoms with van der Waals surface area (Å²) >= 11 is 0. The van der Waals surface area contributed by atoms with Gasteiger partial charge in [-0.25, -0.2) is 4.79 Å². The Bertz CT molecular complexity index is 372. The molecule has 1 aromatic carbocycles. The quantitative estimate of drug-likeness (QED) is 0.529. The monoisotopic (exact) mass is 278 g/mol. The Balaban J connectivity index is -0.000000286. The van der Waals surface area contributed by atoms with E-state index in [1.165, 1.54) is 0 Å². The zero-order valence-corrected chi connectivity index (χ0v) is 13.2. The maximum Gasteiger partial charge on any atom is 1.00 e. The van der Waals surface area contributed by atoms with Crippen LogP contribution in [0.2, 0.25) is 0 Å². The molecule has 3 N–H and O–H groups in total. The van der Waals surface area contributed by atoms with Crippen molar-refractivity contribution < 1.29 is 55.9 Å². The number of carbonyl (C=O) groups excluding carboxylic acids is 1. The van der Waals surface area contributed by atoms with Crippen molar-refractivity contribution in [2.24, 2.45) is 0 Å². The van der Waals surface area contributed by atoms with E-state index >= 15 is 0 Å². The molecule has 1 rings (SSSR count). The molecule has 0 spiro atoms. The van der Waals surface area contributed by atoms with Crippen LogP contribution in [0.1, 0.15) is 20.3 Å². The van der Waals surface area contributed by atoms with Crippen LogP contribution in [-0.2, 0) is 16.0 Å². The molecule has 1 aromatic rings. The molecule has 1 atom stereocenters. The fourth-order valence-electron chi connectivity index (χ4n) is 1.03. The van der Waals surface area contributed by atoms with E-state index in [2.05, 4.69) is 0 Å². The van der Waals surface area contributed by atoms with E-state index in [-0.39, 0.29) is 31.0 Å². The van der Waals surface area contributed by atoms with Crippen LogP contribution in [0.15, 0.2) is 30.3 Å². The number of carboxylic acid groups (broad SMARTS) is 1. The number of aliphatic hydroxyl groups excluding tert-OH is 2. The summed E-state index contributed by atoms with van der Waals surface area (Å²) in [4.78, 5) is 20.5.